The number of benzene rings is 1. The highest BCUT2D eigenvalue weighted by Gasteiger charge is 2.25. The fourth-order valence-corrected chi connectivity index (χ4v) is 1.97. The number of nitrogens with one attached hydrogen (secondary N) is 1. The number of hydrogen-bond donors (Lipinski definition) is 1. The van der Waals surface area contributed by atoms with Crippen molar-refractivity contribution >= 4 is 21.7 Å². The summed E-state index contributed by atoms with van der Waals surface area (Å²) in [6.45, 7) is 1.48. The van der Waals surface area contributed by atoms with Gasteiger partial charge in [-0.3, -0.25) is 4.79 Å². The lowest BCUT2D eigenvalue weighted by atomic mass is 9.93. The zero-order valence-electron chi connectivity index (χ0n) is 8.40. The average Bonchev–Trinajstić information content (AvgIpc) is 2.18. The zero-order chi connectivity index (χ0) is 11.7. The Kier molecular flexibility index (Phi) is 3.35. The minimum absolute atomic E-state index is 0.115. The Bertz CT molecular complexity index is 432. The molecule has 0 atom stereocenters. The summed E-state index contributed by atoms with van der Waals surface area (Å²) in [6, 6.07) is 2.35. The molecule has 16 heavy (non-hydrogen) atoms. The van der Waals surface area contributed by atoms with Gasteiger partial charge in [0.15, 0.2) is 11.6 Å². The number of ketones is 1. The van der Waals surface area contributed by atoms with E-state index in [1.54, 1.807) is 0 Å². The summed E-state index contributed by atoms with van der Waals surface area (Å²) in [7, 11) is 0. The van der Waals surface area contributed by atoms with Gasteiger partial charge in [0.1, 0.15) is 5.82 Å². The van der Waals surface area contributed by atoms with Crippen molar-refractivity contribution in [1.82, 2.24) is 5.32 Å². The van der Waals surface area contributed by atoms with Crippen molar-refractivity contribution in [2.45, 2.75) is 6.42 Å². The van der Waals surface area contributed by atoms with Crippen LogP contribution in [-0.2, 0) is 0 Å². The van der Waals surface area contributed by atoms with E-state index in [0.29, 0.717) is 0 Å². The van der Waals surface area contributed by atoms with Gasteiger partial charge in [0, 0.05) is 6.42 Å². The molecule has 0 amide bonds. The van der Waals surface area contributed by atoms with Crippen molar-refractivity contribution in [2.24, 2.45) is 5.92 Å². The fraction of sp³-hybridized carbons (Fsp3) is 0.364. The van der Waals surface area contributed by atoms with Crippen LogP contribution in [0.1, 0.15) is 16.8 Å². The van der Waals surface area contributed by atoms with Crippen LogP contribution < -0.4 is 5.32 Å². The highest BCUT2D eigenvalue weighted by atomic mass is 79.9. The molecule has 0 unspecified atom stereocenters. The Morgan fingerprint density at radius 3 is 2.69 bits per heavy atom. The van der Waals surface area contributed by atoms with Gasteiger partial charge in [0.05, 0.1) is 10.0 Å². The first-order valence-corrected chi connectivity index (χ1v) is 5.76. The van der Waals surface area contributed by atoms with Gasteiger partial charge in [-0.2, -0.15) is 0 Å². The van der Waals surface area contributed by atoms with Gasteiger partial charge >= 0.3 is 0 Å². The van der Waals surface area contributed by atoms with Gasteiger partial charge in [-0.15, -0.1) is 0 Å². The summed E-state index contributed by atoms with van der Waals surface area (Å²) >= 11 is 2.94. The SMILES string of the molecule is O=C(CC1CNC1)c1c(F)ccc(Br)c1F. The lowest BCUT2D eigenvalue weighted by Gasteiger charge is -2.26. The van der Waals surface area contributed by atoms with Crippen molar-refractivity contribution in [2.75, 3.05) is 13.1 Å². The monoisotopic (exact) mass is 289 g/mol. The van der Waals surface area contributed by atoms with E-state index in [2.05, 4.69) is 21.2 Å². The first-order valence-electron chi connectivity index (χ1n) is 4.97. The van der Waals surface area contributed by atoms with Crippen LogP contribution in [0, 0.1) is 17.6 Å². The predicted molar refractivity (Wildman–Crippen MR) is 59.4 cm³/mol. The van der Waals surface area contributed by atoms with Crippen molar-refractivity contribution in [1.29, 1.82) is 0 Å². The van der Waals surface area contributed by atoms with Gasteiger partial charge in [-0.25, -0.2) is 8.78 Å². The van der Waals surface area contributed by atoms with E-state index in [1.165, 1.54) is 6.07 Å². The number of rotatable bonds is 3. The third-order valence-electron chi connectivity index (χ3n) is 2.66. The topological polar surface area (TPSA) is 29.1 Å². The number of Topliss-reactive ketones (excluding diaryl/α,β-unsaturated/α-hetero) is 1. The largest absolute Gasteiger partial charge is 0.316 e. The number of carbonyl (C=O) groups excluding carboxylic acids is 1. The average molecular weight is 290 g/mol. The van der Waals surface area contributed by atoms with E-state index < -0.39 is 23.0 Å². The summed E-state index contributed by atoms with van der Waals surface area (Å²) in [4.78, 5) is 11.7. The molecule has 1 aliphatic rings. The molecule has 0 aromatic heterocycles. The number of hydrogen-bond acceptors (Lipinski definition) is 2. The molecule has 1 fully saturated rings. The predicted octanol–water partition coefficient (Wildman–Crippen LogP) is 2.52. The molecule has 86 valence electrons. The van der Waals surface area contributed by atoms with Crippen LogP contribution in [0.5, 0.6) is 0 Å². The third-order valence-corrected chi connectivity index (χ3v) is 3.28. The van der Waals surface area contributed by atoms with E-state index in [9.17, 15) is 13.6 Å². The molecular formula is C11H10BrF2NO. The lowest BCUT2D eigenvalue weighted by molar-refractivity contribution is 0.0937. The van der Waals surface area contributed by atoms with Crippen LogP contribution in [-0.4, -0.2) is 18.9 Å². The van der Waals surface area contributed by atoms with Crippen LogP contribution in [0.15, 0.2) is 16.6 Å². The van der Waals surface area contributed by atoms with Gasteiger partial charge in [0.25, 0.3) is 0 Å². The maximum absolute atomic E-state index is 13.6. The molecule has 2 rings (SSSR count). The highest BCUT2D eigenvalue weighted by Crippen LogP contribution is 2.24. The summed E-state index contributed by atoms with van der Waals surface area (Å²) in [5.41, 5.74) is -0.429. The Balaban J connectivity index is 2.24. The molecule has 0 aliphatic carbocycles. The molecule has 1 N–H and O–H groups in total. The van der Waals surface area contributed by atoms with Crippen LogP contribution in [0.2, 0.25) is 0 Å². The summed E-state index contributed by atoms with van der Waals surface area (Å²) in [6.07, 6.45) is 0.192. The van der Waals surface area contributed by atoms with Crippen LogP contribution in [0.4, 0.5) is 8.78 Å². The molecule has 0 saturated carbocycles. The first kappa shape index (κ1) is 11.7. The highest BCUT2D eigenvalue weighted by molar-refractivity contribution is 9.10. The number of halogens is 3. The quantitative estimate of drug-likeness (QED) is 0.684. The molecule has 0 spiro atoms. The third kappa shape index (κ3) is 2.15. The molecule has 1 aromatic carbocycles. The van der Waals surface area contributed by atoms with Gasteiger partial charge < -0.3 is 5.32 Å². The van der Waals surface area contributed by atoms with E-state index in [4.69, 9.17) is 0 Å². The van der Waals surface area contributed by atoms with E-state index in [1.807, 2.05) is 0 Å². The Morgan fingerprint density at radius 2 is 2.12 bits per heavy atom. The molecule has 0 bridgehead atoms. The van der Waals surface area contributed by atoms with Crippen molar-refractivity contribution < 1.29 is 13.6 Å². The van der Waals surface area contributed by atoms with E-state index in [0.717, 1.165) is 19.2 Å². The van der Waals surface area contributed by atoms with Crippen molar-refractivity contribution in [3.8, 4) is 0 Å². The van der Waals surface area contributed by atoms with Crippen LogP contribution >= 0.6 is 15.9 Å². The molecular weight excluding hydrogens is 280 g/mol. The van der Waals surface area contributed by atoms with E-state index in [-0.39, 0.29) is 16.8 Å². The second-order valence-corrected chi connectivity index (χ2v) is 4.72. The molecule has 1 saturated heterocycles. The van der Waals surface area contributed by atoms with Crippen molar-refractivity contribution in [3.05, 3.63) is 33.8 Å². The maximum Gasteiger partial charge on any atom is 0.169 e. The summed E-state index contributed by atoms with van der Waals surface area (Å²) < 4.78 is 27.0. The normalized spacial score (nSPS) is 15.9. The van der Waals surface area contributed by atoms with Crippen molar-refractivity contribution in [3.63, 3.8) is 0 Å². The van der Waals surface area contributed by atoms with Crippen LogP contribution in [0.3, 0.4) is 0 Å². The minimum atomic E-state index is -0.808. The number of carbonyl (C=O) groups is 1. The zero-order valence-corrected chi connectivity index (χ0v) is 9.98. The molecule has 0 radical (unpaired) electrons. The molecule has 1 aliphatic heterocycles. The molecule has 1 aromatic rings. The Hall–Kier alpha value is -0.810. The Labute approximate surface area is 100 Å². The second kappa shape index (κ2) is 4.59. The van der Waals surface area contributed by atoms with Crippen LogP contribution in [0.25, 0.3) is 0 Å². The summed E-state index contributed by atoms with van der Waals surface area (Å²) in [5.74, 6) is -1.87. The smallest absolute Gasteiger partial charge is 0.169 e. The molecule has 1 heterocycles. The van der Waals surface area contributed by atoms with Gasteiger partial charge in [0.2, 0.25) is 0 Å². The fourth-order valence-electron chi connectivity index (χ4n) is 1.64. The first-order chi connectivity index (χ1) is 7.59. The van der Waals surface area contributed by atoms with E-state index >= 15 is 0 Å². The molecule has 2 nitrogen and oxygen atoms in total. The standard InChI is InChI=1S/C11H10BrF2NO/c12-7-1-2-8(13)10(11(7)14)9(16)3-6-4-15-5-6/h1-2,6,15H,3-5H2. The van der Waals surface area contributed by atoms with Gasteiger partial charge in [-0.05, 0) is 47.1 Å². The summed E-state index contributed by atoms with van der Waals surface area (Å²) in [5, 5.41) is 3.01. The maximum atomic E-state index is 13.6. The van der Waals surface area contributed by atoms with Gasteiger partial charge in [-0.1, -0.05) is 0 Å². The Morgan fingerprint density at radius 1 is 1.44 bits per heavy atom. The molecule has 5 heteroatoms. The second-order valence-electron chi connectivity index (χ2n) is 3.87. The lowest BCUT2D eigenvalue weighted by Crippen LogP contribution is -2.43. The minimum Gasteiger partial charge on any atom is -0.316 e.